The summed E-state index contributed by atoms with van der Waals surface area (Å²) in [6, 6.07) is 7.67. The van der Waals surface area contributed by atoms with Gasteiger partial charge in [0, 0.05) is 23.0 Å². The van der Waals surface area contributed by atoms with Crippen LogP contribution >= 0.6 is 22.9 Å². The summed E-state index contributed by atoms with van der Waals surface area (Å²) in [5, 5.41) is 6.63. The molecule has 11 nitrogen and oxygen atoms in total. The molecule has 3 aromatic rings. The summed E-state index contributed by atoms with van der Waals surface area (Å²) in [6.45, 7) is 1.51. The van der Waals surface area contributed by atoms with Gasteiger partial charge in [-0.1, -0.05) is 54.0 Å². The lowest BCUT2D eigenvalue weighted by Gasteiger charge is -2.30. The van der Waals surface area contributed by atoms with Gasteiger partial charge in [-0.25, -0.2) is 13.4 Å². The Kier molecular flexibility index (Phi) is 9.94. The maximum Gasteiger partial charge on any atom is 0.416 e. The van der Waals surface area contributed by atoms with Crippen molar-refractivity contribution in [2.24, 2.45) is 5.92 Å². The number of fused-ring (bicyclic) bond motifs is 3. The smallest absolute Gasteiger partial charge is 0.416 e. The molecule has 284 valence electrons. The number of benzene rings is 2. The maximum absolute atomic E-state index is 14.5. The van der Waals surface area contributed by atoms with Crippen LogP contribution in [0.1, 0.15) is 70.3 Å². The second-order valence-electron chi connectivity index (χ2n) is 14.6. The van der Waals surface area contributed by atoms with Crippen LogP contribution in [0.15, 0.2) is 54.6 Å². The van der Waals surface area contributed by atoms with Gasteiger partial charge in [0.2, 0.25) is 21.8 Å². The third-order valence-corrected chi connectivity index (χ3v) is 13.9. The number of halogens is 4. The van der Waals surface area contributed by atoms with E-state index >= 15 is 0 Å². The fraction of sp³-hybridized carbons (Fsp3) is 0.500. The molecule has 3 amide bonds. The van der Waals surface area contributed by atoms with Gasteiger partial charge in [0.25, 0.3) is 11.1 Å². The van der Waals surface area contributed by atoms with Crippen molar-refractivity contribution >= 4 is 66.6 Å². The van der Waals surface area contributed by atoms with E-state index in [-0.39, 0.29) is 31.5 Å². The molecule has 0 spiro atoms. The minimum atomic E-state index is -4.59. The number of anilines is 1. The van der Waals surface area contributed by atoms with Crippen molar-refractivity contribution in [2.45, 2.75) is 99.4 Å². The van der Waals surface area contributed by atoms with Crippen LogP contribution in [-0.2, 0) is 30.6 Å². The fourth-order valence-electron chi connectivity index (χ4n) is 7.01. The highest BCUT2D eigenvalue weighted by atomic mass is 35.5. The van der Waals surface area contributed by atoms with E-state index in [0.717, 1.165) is 23.3 Å². The highest BCUT2D eigenvalue weighted by Crippen LogP contribution is 2.47. The van der Waals surface area contributed by atoms with Gasteiger partial charge in [-0.3, -0.25) is 19.1 Å². The van der Waals surface area contributed by atoms with Gasteiger partial charge in [-0.15, -0.1) is 0 Å². The summed E-state index contributed by atoms with van der Waals surface area (Å²) in [4.78, 5) is 48.4. The van der Waals surface area contributed by atoms with Gasteiger partial charge in [-0.2, -0.15) is 13.2 Å². The number of nitrogens with one attached hydrogen (secondary N) is 3. The first-order valence-electron chi connectivity index (χ1n) is 17.6. The van der Waals surface area contributed by atoms with Gasteiger partial charge in [0.15, 0.2) is 0 Å². The van der Waals surface area contributed by atoms with E-state index in [1.165, 1.54) is 28.4 Å². The lowest BCUT2D eigenvalue weighted by Crippen LogP contribution is -2.58. The largest absolute Gasteiger partial charge is 0.465 e. The first kappa shape index (κ1) is 37.4. The third-order valence-electron chi connectivity index (χ3n) is 10.6. The Morgan fingerprint density at radius 1 is 1.13 bits per heavy atom. The second kappa shape index (κ2) is 14.1. The third kappa shape index (κ3) is 7.86. The number of allylic oxidation sites excluding steroid dienone is 1. The van der Waals surface area contributed by atoms with Gasteiger partial charge < -0.3 is 20.3 Å². The molecule has 3 heterocycles. The number of hydrogen-bond donors (Lipinski definition) is 3. The van der Waals surface area contributed by atoms with E-state index in [0.29, 0.717) is 47.8 Å². The molecule has 3 N–H and O–H groups in total. The molecule has 1 aromatic heterocycles. The topological polar surface area (TPSA) is 147 Å². The molecule has 0 bridgehead atoms. The van der Waals surface area contributed by atoms with Crippen molar-refractivity contribution in [3.63, 3.8) is 0 Å². The molecular weight excluding hydrogens is 755 g/mol. The van der Waals surface area contributed by atoms with Crippen LogP contribution in [0.25, 0.3) is 10.2 Å². The summed E-state index contributed by atoms with van der Waals surface area (Å²) in [6.07, 6.45) is 2.37. The van der Waals surface area contributed by atoms with Crippen LogP contribution in [0.3, 0.4) is 0 Å². The average Bonchev–Trinajstić information content (AvgIpc) is 3.91. The summed E-state index contributed by atoms with van der Waals surface area (Å²) in [5.74, 6) is -2.50. The van der Waals surface area contributed by atoms with Crippen molar-refractivity contribution in [2.75, 3.05) is 11.9 Å². The van der Waals surface area contributed by atoms with Gasteiger partial charge >= 0.3 is 6.18 Å². The van der Waals surface area contributed by atoms with Gasteiger partial charge in [0.1, 0.15) is 23.7 Å². The van der Waals surface area contributed by atoms with E-state index < -0.39 is 73.9 Å². The molecule has 0 unspecified atom stereocenters. The molecule has 5 atom stereocenters. The van der Waals surface area contributed by atoms with Crippen LogP contribution in [0.4, 0.5) is 18.9 Å². The SMILES string of the molecule is CC1(S(=O)(=O)NC(=O)[C@@]23C[C@H]2/C=C\CCCCC[C@H](Nc2cccc(C(F)(F)F)c2)C(=O)N2C[C@H](Oc4nc5cc(Cl)ccc5s4)C[C@H]2C(=O)N3)CC1. The normalized spacial score (nSPS) is 28.1. The Balaban J connectivity index is 1.19. The van der Waals surface area contributed by atoms with Crippen molar-refractivity contribution in [1.29, 1.82) is 0 Å². The highest BCUT2D eigenvalue weighted by Gasteiger charge is 2.63. The van der Waals surface area contributed by atoms with Gasteiger partial charge in [0.05, 0.1) is 27.1 Å². The number of amides is 3. The van der Waals surface area contributed by atoms with Gasteiger partial charge in [-0.05, 0) is 81.8 Å². The maximum atomic E-state index is 14.5. The average molecular weight is 794 g/mol. The molecule has 2 aromatic carbocycles. The van der Waals surface area contributed by atoms with E-state index in [1.54, 1.807) is 25.1 Å². The van der Waals surface area contributed by atoms with Crippen LogP contribution in [0.5, 0.6) is 5.19 Å². The van der Waals surface area contributed by atoms with Crippen LogP contribution < -0.4 is 20.1 Å². The van der Waals surface area contributed by atoms with Crippen LogP contribution in [-0.4, -0.2) is 71.0 Å². The molecule has 7 rings (SSSR count). The van der Waals surface area contributed by atoms with Crippen molar-refractivity contribution < 1.29 is 40.7 Å². The zero-order valence-electron chi connectivity index (χ0n) is 28.7. The molecule has 53 heavy (non-hydrogen) atoms. The number of carbonyl (C=O) groups excluding carboxylic acids is 3. The number of ether oxygens (including phenoxy) is 1. The van der Waals surface area contributed by atoms with Crippen LogP contribution in [0, 0.1) is 5.92 Å². The Labute approximate surface area is 313 Å². The number of thiazole rings is 1. The number of carbonyl (C=O) groups is 3. The molecule has 2 aliphatic carbocycles. The molecule has 3 fully saturated rings. The standard InChI is InChI=1S/C36H39ClF3N5O6S2/c1-34(14-15-34)53(49,50)44-32(48)35-19-22(35)8-5-3-2-4-6-11-26(41-24-10-7-9-21(16-24)36(38,39)40)31(47)45-20-25(18-28(45)30(46)43-35)51-33-42-27-17-23(37)12-13-29(27)52-33/h5,7-10,12-13,16-17,22,25-26,28,41H,2-4,6,11,14-15,18-20H2,1H3,(H,43,46)(H,44,48)/b8-5-/t22-,25-,26+,28+,35-/m1/s1. The molecule has 2 aliphatic heterocycles. The monoisotopic (exact) mass is 793 g/mol. The zero-order chi connectivity index (χ0) is 37.8. The predicted molar refractivity (Wildman–Crippen MR) is 194 cm³/mol. The first-order valence-corrected chi connectivity index (χ1v) is 20.3. The van der Waals surface area contributed by atoms with E-state index in [9.17, 15) is 36.0 Å². The molecule has 17 heteroatoms. The summed E-state index contributed by atoms with van der Waals surface area (Å²) < 4.78 is 75.2. The lowest BCUT2D eigenvalue weighted by atomic mass is 10.0. The lowest BCUT2D eigenvalue weighted by molar-refractivity contribution is -0.140. The number of hydrogen-bond acceptors (Lipinski definition) is 9. The highest BCUT2D eigenvalue weighted by molar-refractivity contribution is 7.91. The van der Waals surface area contributed by atoms with E-state index in [4.69, 9.17) is 16.3 Å². The Morgan fingerprint density at radius 2 is 1.92 bits per heavy atom. The first-order chi connectivity index (χ1) is 25.1. The van der Waals surface area contributed by atoms with Crippen molar-refractivity contribution in [3.8, 4) is 5.19 Å². The second-order valence-corrected chi connectivity index (χ2v) is 18.2. The molecule has 2 saturated carbocycles. The number of rotatable bonds is 7. The summed E-state index contributed by atoms with van der Waals surface area (Å²) in [5.41, 5.74) is -1.72. The number of nitrogens with zero attached hydrogens (tertiary/aromatic N) is 2. The molecular formula is C36H39ClF3N5O6S2. The van der Waals surface area contributed by atoms with E-state index in [2.05, 4.69) is 20.3 Å². The van der Waals surface area contributed by atoms with Crippen molar-refractivity contribution in [1.82, 2.24) is 19.9 Å². The number of sulfonamides is 1. The van der Waals surface area contributed by atoms with E-state index in [1.807, 2.05) is 12.2 Å². The van der Waals surface area contributed by atoms with Crippen molar-refractivity contribution in [3.05, 3.63) is 65.2 Å². The molecule has 4 aliphatic rings. The quantitative estimate of drug-likeness (QED) is 0.240. The number of alkyl halides is 3. The Hall–Kier alpha value is -3.89. The number of aromatic nitrogens is 1. The zero-order valence-corrected chi connectivity index (χ0v) is 31.1. The predicted octanol–water partition coefficient (Wildman–Crippen LogP) is 6.19. The minimum Gasteiger partial charge on any atom is -0.465 e. The summed E-state index contributed by atoms with van der Waals surface area (Å²) in [7, 11) is -4.02. The molecule has 1 saturated heterocycles. The Bertz CT molecular complexity index is 2070. The summed E-state index contributed by atoms with van der Waals surface area (Å²) >= 11 is 7.41. The van der Waals surface area contributed by atoms with Crippen LogP contribution in [0.2, 0.25) is 5.02 Å². The molecule has 0 radical (unpaired) electrons. The Morgan fingerprint density at radius 3 is 2.68 bits per heavy atom. The minimum absolute atomic E-state index is 0.0130. The fourth-order valence-corrected chi connectivity index (χ4v) is 9.35.